The van der Waals surface area contributed by atoms with Crippen molar-refractivity contribution < 1.29 is 8.83 Å². The summed E-state index contributed by atoms with van der Waals surface area (Å²) in [6, 6.07) is 3.66. The Bertz CT molecular complexity index is 673. The summed E-state index contributed by atoms with van der Waals surface area (Å²) < 4.78 is 12.5. The van der Waals surface area contributed by atoms with Gasteiger partial charge in [-0.3, -0.25) is 0 Å². The van der Waals surface area contributed by atoms with Gasteiger partial charge in [-0.25, -0.2) is 0 Å². The minimum atomic E-state index is 0.560. The summed E-state index contributed by atoms with van der Waals surface area (Å²) in [4.78, 5) is 0. The SMILES string of the molecule is Cc1nnc(CSc2nnc(-c3ccco3)n2C)o1. The van der Waals surface area contributed by atoms with Crippen molar-refractivity contribution in [2.24, 2.45) is 7.05 Å². The van der Waals surface area contributed by atoms with E-state index in [0.717, 1.165) is 5.16 Å². The summed E-state index contributed by atoms with van der Waals surface area (Å²) >= 11 is 1.48. The quantitative estimate of drug-likeness (QED) is 0.675. The number of thioether (sulfide) groups is 1. The molecule has 0 N–H and O–H groups in total. The molecule has 3 heterocycles. The van der Waals surface area contributed by atoms with Crippen molar-refractivity contribution in [3.05, 3.63) is 30.2 Å². The van der Waals surface area contributed by atoms with Gasteiger partial charge in [0.2, 0.25) is 11.8 Å². The third-order valence-electron chi connectivity index (χ3n) is 2.47. The first-order chi connectivity index (χ1) is 9.24. The molecule has 98 valence electrons. The third-order valence-corrected chi connectivity index (χ3v) is 3.47. The van der Waals surface area contributed by atoms with Crippen LogP contribution < -0.4 is 0 Å². The molecular weight excluding hydrogens is 266 g/mol. The zero-order valence-electron chi connectivity index (χ0n) is 10.4. The van der Waals surface area contributed by atoms with Crippen LogP contribution >= 0.6 is 11.8 Å². The van der Waals surface area contributed by atoms with Gasteiger partial charge < -0.3 is 13.4 Å². The fourth-order valence-corrected chi connectivity index (χ4v) is 2.33. The fourth-order valence-electron chi connectivity index (χ4n) is 1.58. The summed E-state index contributed by atoms with van der Waals surface area (Å²) in [5.74, 6) is 3.07. The van der Waals surface area contributed by atoms with Gasteiger partial charge in [0.25, 0.3) is 0 Å². The molecule has 0 bridgehead atoms. The molecule has 19 heavy (non-hydrogen) atoms. The third kappa shape index (κ3) is 2.39. The molecule has 0 unspecified atom stereocenters. The van der Waals surface area contributed by atoms with E-state index in [0.29, 0.717) is 29.1 Å². The van der Waals surface area contributed by atoms with Gasteiger partial charge in [0.15, 0.2) is 16.7 Å². The predicted molar refractivity (Wildman–Crippen MR) is 67.3 cm³/mol. The normalized spacial score (nSPS) is 11.1. The second kappa shape index (κ2) is 4.88. The molecule has 0 aromatic carbocycles. The summed E-state index contributed by atoms with van der Waals surface area (Å²) in [5.41, 5.74) is 0. The van der Waals surface area contributed by atoms with Gasteiger partial charge in [0, 0.05) is 14.0 Å². The van der Waals surface area contributed by atoms with E-state index in [2.05, 4.69) is 20.4 Å². The molecular formula is C11H11N5O2S. The van der Waals surface area contributed by atoms with Crippen molar-refractivity contribution in [2.75, 3.05) is 0 Å². The van der Waals surface area contributed by atoms with Gasteiger partial charge in [-0.05, 0) is 12.1 Å². The van der Waals surface area contributed by atoms with Crippen molar-refractivity contribution in [3.63, 3.8) is 0 Å². The number of furan rings is 1. The first-order valence-electron chi connectivity index (χ1n) is 5.59. The summed E-state index contributed by atoms with van der Waals surface area (Å²) in [6.07, 6.45) is 1.61. The van der Waals surface area contributed by atoms with Crippen LogP contribution in [0.5, 0.6) is 0 Å². The van der Waals surface area contributed by atoms with E-state index in [1.165, 1.54) is 11.8 Å². The van der Waals surface area contributed by atoms with Crippen molar-refractivity contribution in [3.8, 4) is 11.6 Å². The Hall–Kier alpha value is -2.09. The lowest BCUT2D eigenvalue weighted by Crippen LogP contribution is -1.94. The highest BCUT2D eigenvalue weighted by molar-refractivity contribution is 7.98. The van der Waals surface area contributed by atoms with Gasteiger partial charge in [-0.15, -0.1) is 20.4 Å². The summed E-state index contributed by atoms with van der Waals surface area (Å²) in [5, 5.41) is 16.7. The molecule has 0 spiro atoms. The van der Waals surface area contributed by atoms with Crippen molar-refractivity contribution in [2.45, 2.75) is 17.8 Å². The number of hydrogen-bond donors (Lipinski definition) is 0. The Labute approximate surface area is 113 Å². The monoisotopic (exact) mass is 277 g/mol. The maximum atomic E-state index is 5.31. The first-order valence-corrected chi connectivity index (χ1v) is 6.57. The molecule has 8 heteroatoms. The number of rotatable bonds is 4. The Morgan fingerprint density at radius 1 is 1.26 bits per heavy atom. The van der Waals surface area contributed by atoms with Crippen LogP contribution in [0.15, 0.2) is 32.4 Å². The summed E-state index contributed by atoms with van der Waals surface area (Å²) in [6.45, 7) is 1.76. The number of aryl methyl sites for hydroxylation is 1. The largest absolute Gasteiger partial charge is 0.461 e. The van der Waals surface area contributed by atoms with Crippen LogP contribution in [0.4, 0.5) is 0 Å². The lowest BCUT2D eigenvalue weighted by molar-refractivity contribution is 0.485. The van der Waals surface area contributed by atoms with E-state index < -0.39 is 0 Å². The second-order valence-corrected chi connectivity index (χ2v) is 4.79. The maximum Gasteiger partial charge on any atom is 0.226 e. The van der Waals surface area contributed by atoms with Gasteiger partial charge in [0.05, 0.1) is 12.0 Å². The van der Waals surface area contributed by atoms with E-state index in [4.69, 9.17) is 8.83 Å². The highest BCUT2D eigenvalue weighted by Crippen LogP contribution is 2.24. The fraction of sp³-hybridized carbons (Fsp3) is 0.273. The van der Waals surface area contributed by atoms with E-state index in [1.54, 1.807) is 13.2 Å². The zero-order valence-corrected chi connectivity index (χ0v) is 11.2. The van der Waals surface area contributed by atoms with Crippen LogP contribution in [-0.2, 0) is 12.8 Å². The molecule has 0 aliphatic rings. The Balaban J connectivity index is 1.75. The molecule has 3 aromatic heterocycles. The molecule has 0 saturated heterocycles. The van der Waals surface area contributed by atoms with Crippen LogP contribution in [0.1, 0.15) is 11.8 Å². The van der Waals surface area contributed by atoms with Gasteiger partial charge in [-0.1, -0.05) is 11.8 Å². The van der Waals surface area contributed by atoms with E-state index in [1.807, 2.05) is 23.7 Å². The van der Waals surface area contributed by atoms with Crippen molar-refractivity contribution >= 4 is 11.8 Å². The molecule has 0 radical (unpaired) electrons. The molecule has 0 fully saturated rings. The van der Waals surface area contributed by atoms with Crippen LogP contribution in [0.2, 0.25) is 0 Å². The highest BCUT2D eigenvalue weighted by atomic mass is 32.2. The first kappa shape index (κ1) is 12.0. The minimum Gasteiger partial charge on any atom is -0.461 e. The minimum absolute atomic E-state index is 0.560. The number of aromatic nitrogens is 5. The lowest BCUT2D eigenvalue weighted by atomic mass is 10.4. The molecule has 0 aliphatic carbocycles. The van der Waals surface area contributed by atoms with Crippen LogP contribution in [0, 0.1) is 6.92 Å². The lowest BCUT2D eigenvalue weighted by Gasteiger charge is -1.99. The topological polar surface area (TPSA) is 82.8 Å². The van der Waals surface area contributed by atoms with Gasteiger partial charge in [-0.2, -0.15) is 0 Å². The molecule has 0 atom stereocenters. The van der Waals surface area contributed by atoms with E-state index in [9.17, 15) is 0 Å². The molecule has 3 rings (SSSR count). The molecule has 0 amide bonds. The predicted octanol–water partition coefficient (Wildman–Crippen LogP) is 2.06. The average molecular weight is 277 g/mol. The van der Waals surface area contributed by atoms with Crippen molar-refractivity contribution in [1.82, 2.24) is 25.0 Å². The molecule has 0 saturated carbocycles. The van der Waals surface area contributed by atoms with Crippen LogP contribution in [-0.4, -0.2) is 25.0 Å². The maximum absolute atomic E-state index is 5.31. The molecule has 3 aromatic rings. The van der Waals surface area contributed by atoms with E-state index in [-0.39, 0.29) is 0 Å². The Morgan fingerprint density at radius 3 is 2.84 bits per heavy atom. The van der Waals surface area contributed by atoms with Crippen LogP contribution in [0.3, 0.4) is 0 Å². The molecule has 7 nitrogen and oxygen atoms in total. The number of hydrogen-bond acceptors (Lipinski definition) is 7. The average Bonchev–Trinajstić information content (AvgIpc) is 3.09. The second-order valence-electron chi connectivity index (χ2n) is 3.85. The number of nitrogens with zero attached hydrogens (tertiary/aromatic N) is 5. The van der Waals surface area contributed by atoms with Gasteiger partial charge >= 0.3 is 0 Å². The standard InChI is InChI=1S/C11H11N5O2S/c1-7-12-13-9(18-7)6-19-11-15-14-10(16(11)2)8-4-3-5-17-8/h3-5H,6H2,1-2H3. The van der Waals surface area contributed by atoms with Gasteiger partial charge in [0.1, 0.15) is 0 Å². The highest BCUT2D eigenvalue weighted by Gasteiger charge is 2.14. The van der Waals surface area contributed by atoms with Crippen LogP contribution in [0.25, 0.3) is 11.6 Å². The Morgan fingerprint density at radius 2 is 2.16 bits per heavy atom. The Kier molecular flexibility index (Phi) is 3.08. The van der Waals surface area contributed by atoms with Crippen molar-refractivity contribution in [1.29, 1.82) is 0 Å². The summed E-state index contributed by atoms with van der Waals surface area (Å²) in [7, 11) is 1.89. The van der Waals surface area contributed by atoms with E-state index >= 15 is 0 Å². The molecule has 0 aliphatic heterocycles. The smallest absolute Gasteiger partial charge is 0.226 e. The zero-order chi connectivity index (χ0) is 13.2.